The van der Waals surface area contributed by atoms with Crippen molar-refractivity contribution in [1.82, 2.24) is 4.98 Å². The molecule has 3 rings (SSSR count). The summed E-state index contributed by atoms with van der Waals surface area (Å²) in [4.78, 5) is 16.9. The molecule has 1 aromatic heterocycles. The van der Waals surface area contributed by atoms with Crippen molar-refractivity contribution in [2.75, 3.05) is 24.9 Å². The molecule has 1 heterocycles. The van der Waals surface area contributed by atoms with Crippen LogP contribution in [0, 0.1) is 6.92 Å². The van der Waals surface area contributed by atoms with Crippen molar-refractivity contribution in [2.45, 2.75) is 20.3 Å². The van der Waals surface area contributed by atoms with E-state index in [4.69, 9.17) is 9.47 Å². The SMILES string of the molecule is CCc1cccc(C)c1Nc1ccc(C(=O)Nc2cc(OC)ccc2OC)nc1. The second-order valence-corrected chi connectivity index (χ2v) is 6.54. The van der Waals surface area contributed by atoms with Crippen LogP contribution in [-0.2, 0) is 6.42 Å². The fourth-order valence-electron chi connectivity index (χ4n) is 3.05. The van der Waals surface area contributed by atoms with E-state index in [0.29, 0.717) is 22.9 Å². The first-order chi connectivity index (χ1) is 14.0. The number of nitrogens with one attached hydrogen (secondary N) is 2. The third-order valence-electron chi connectivity index (χ3n) is 4.66. The maximum absolute atomic E-state index is 12.6. The van der Waals surface area contributed by atoms with Crippen LogP contribution in [0.25, 0.3) is 0 Å². The lowest BCUT2D eigenvalue weighted by Gasteiger charge is -2.14. The highest BCUT2D eigenvalue weighted by Crippen LogP contribution is 2.29. The molecule has 0 aliphatic rings. The lowest BCUT2D eigenvalue weighted by molar-refractivity contribution is 0.102. The number of benzene rings is 2. The highest BCUT2D eigenvalue weighted by molar-refractivity contribution is 6.04. The third kappa shape index (κ3) is 4.66. The molecule has 0 radical (unpaired) electrons. The van der Waals surface area contributed by atoms with Gasteiger partial charge in [-0.1, -0.05) is 25.1 Å². The van der Waals surface area contributed by atoms with Gasteiger partial charge in [-0.3, -0.25) is 4.79 Å². The van der Waals surface area contributed by atoms with E-state index in [2.05, 4.69) is 47.7 Å². The number of hydrogen-bond acceptors (Lipinski definition) is 5. The lowest BCUT2D eigenvalue weighted by atomic mass is 10.1. The van der Waals surface area contributed by atoms with Gasteiger partial charge in [0, 0.05) is 11.8 Å². The van der Waals surface area contributed by atoms with Gasteiger partial charge in [0.05, 0.1) is 31.8 Å². The predicted octanol–water partition coefficient (Wildman–Crippen LogP) is 4.97. The summed E-state index contributed by atoms with van der Waals surface area (Å²) in [6.45, 7) is 4.19. The average molecular weight is 391 g/mol. The Morgan fingerprint density at radius 1 is 1.07 bits per heavy atom. The van der Waals surface area contributed by atoms with Crippen molar-refractivity contribution in [3.63, 3.8) is 0 Å². The zero-order valence-electron chi connectivity index (χ0n) is 17.1. The number of carbonyl (C=O) groups is 1. The van der Waals surface area contributed by atoms with Crippen LogP contribution in [0.3, 0.4) is 0 Å². The summed E-state index contributed by atoms with van der Waals surface area (Å²) in [6, 6.07) is 15.0. The van der Waals surface area contributed by atoms with Crippen LogP contribution in [-0.4, -0.2) is 25.1 Å². The van der Waals surface area contributed by atoms with Crippen molar-refractivity contribution < 1.29 is 14.3 Å². The van der Waals surface area contributed by atoms with Crippen molar-refractivity contribution in [3.8, 4) is 11.5 Å². The van der Waals surface area contributed by atoms with Crippen molar-refractivity contribution >= 4 is 23.0 Å². The molecule has 0 unspecified atom stereocenters. The van der Waals surface area contributed by atoms with Gasteiger partial charge in [-0.25, -0.2) is 4.98 Å². The zero-order valence-corrected chi connectivity index (χ0v) is 17.1. The Bertz CT molecular complexity index is 1000. The summed E-state index contributed by atoms with van der Waals surface area (Å²) < 4.78 is 10.5. The minimum absolute atomic E-state index is 0.306. The third-order valence-corrected chi connectivity index (χ3v) is 4.66. The maximum atomic E-state index is 12.6. The highest BCUT2D eigenvalue weighted by Gasteiger charge is 2.13. The number of ether oxygens (including phenoxy) is 2. The molecule has 3 aromatic rings. The lowest BCUT2D eigenvalue weighted by Crippen LogP contribution is -2.14. The van der Waals surface area contributed by atoms with Gasteiger partial charge in [0.15, 0.2) is 0 Å². The topological polar surface area (TPSA) is 72.5 Å². The largest absolute Gasteiger partial charge is 0.497 e. The van der Waals surface area contributed by atoms with Gasteiger partial charge in [0.25, 0.3) is 5.91 Å². The Labute approximate surface area is 170 Å². The minimum Gasteiger partial charge on any atom is -0.497 e. The van der Waals surface area contributed by atoms with Crippen LogP contribution < -0.4 is 20.1 Å². The number of pyridine rings is 1. The fraction of sp³-hybridized carbons (Fsp3) is 0.217. The molecule has 0 aliphatic heterocycles. The number of rotatable bonds is 7. The van der Waals surface area contributed by atoms with Gasteiger partial charge < -0.3 is 20.1 Å². The van der Waals surface area contributed by atoms with E-state index in [1.54, 1.807) is 44.7 Å². The van der Waals surface area contributed by atoms with Crippen LogP contribution >= 0.6 is 0 Å². The number of nitrogens with zero attached hydrogens (tertiary/aromatic N) is 1. The quantitative estimate of drug-likeness (QED) is 0.595. The highest BCUT2D eigenvalue weighted by atomic mass is 16.5. The second kappa shape index (κ2) is 9.10. The Morgan fingerprint density at radius 3 is 2.55 bits per heavy atom. The number of methoxy groups -OCH3 is 2. The number of anilines is 3. The first-order valence-corrected chi connectivity index (χ1v) is 9.40. The van der Waals surface area contributed by atoms with Crippen molar-refractivity contribution in [3.05, 3.63) is 71.5 Å². The molecular weight excluding hydrogens is 366 g/mol. The summed E-state index contributed by atoms with van der Waals surface area (Å²) in [6.07, 6.45) is 2.59. The number of aryl methyl sites for hydroxylation is 2. The summed E-state index contributed by atoms with van der Waals surface area (Å²) in [5.74, 6) is 0.843. The van der Waals surface area contributed by atoms with Crippen LogP contribution in [0.15, 0.2) is 54.7 Å². The number of carbonyl (C=O) groups excluding carboxylic acids is 1. The van der Waals surface area contributed by atoms with Crippen LogP contribution in [0.4, 0.5) is 17.1 Å². The number of hydrogen-bond donors (Lipinski definition) is 2. The molecule has 0 bridgehead atoms. The molecule has 0 fully saturated rings. The van der Waals surface area contributed by atoms with E-state index in [9.17, 15) is 4.79 Å². The molecule has 150 valence electrons. The molecular formula is C23H25N3O3. The molecule has 0 atom stereocenters. The first-order valence-electron chi connectivity index (χ1n) is 9.40. The minimum atomic E-state index is -0.326. The molecule has 0 saturated heterocycles. The van der Waals surface area contributed by atoms with E-state index in [1.165, 1.54) is 5.56 Å². The Hall–Kier alpha value is -3.54. The second-order valence-electron chi connectivity index (χ2n) is 6.54. The zero-order chi connectivity index (χ0) is 20.8. The van der Waals surface area contributed by atoms with Crippen molar-refractivity contribution in [2.24, 2.45) is 0 Å². The van der Waals surface area contributed by atoms with E-state index < -0.39 is 0 Å². The maximum Gasteiger partial charge on any atom is 0.274 e. The molecule has 2 aromatic carbocycles. The van der Waals surface area contributed by atoms with E-state index >= 15 is 0 Å². The van der Waals surface area contributed by atoms with Gasteiger partial charge >= 0.3 is 0 Å². The van der Waals surface area contributed by atoms with Gasteiger partial charge in [0.2, 0.25) is 0 Å². The van der Waals surface area contributed by atoms with Crippen LogP contribution in [0.5, 0.6) is 11.5 Å². The molecule has 2 N–H and O–H groups in total. The Morgan fingerprint density at radius 2 is 1.90 bits per heavy atom. The normalized spacial score (nSPS) is 10.3. The van der Waals surface area contributed by atoms with E-state index in [1.807, 2.05) is 6.07 Å². The number of amides is 1. The monoisotopic (exact) mass is 391 g/mol. The summed E-state index contributed by atoms with van der Waals surface area (Å²) >= 11 is 0. The average Bonchev–Trinajstić information content (AvgIpc) is 2.75. The first kappa shape index (κ1) is 20.2. The summed E-state index contributed by atoms with van der Waals surface area (Å²) in [7, 11) is 3.12. The van der Waals surface area contributed by atoms with Crippen LogP contribution in [0.1, 0.15) is 28.5 Å². The number of aromatic nitrogens is 1. The molecule has 6 nitrogen and oxygen atoms in total. The number of para-hydroxylation sites is 1. The summed E-state index contributed by atoms with van der Waals surface area (Å²) in [5, 5.41) is 6.23. The van der Waals surface area contributed by atoms with E-state index in [0.717, 1.165) is 23.4 Å². The van der Waals surface area contributed by atoms with E-state index in [-0.39, 0.29) is 5.91 Å². The van der Waals surface area contributed by atoms with Gasteiger partial charge in [-0.05, 0) is 48.7 Å². The molecule has 0 aliphatic carbocycles. The van der Waals surface area contributed by atoms with Gasteiger partial charge in [-0.2, -0.15) is 0 Å². The van der Waals surface area contributed by atoms with Gasteiger partial charge in [0.1, 0.15) is 17.2 Å². The molecule has 0 saturated carbocycles. The molecule has 29 heavy (non-hydrogen) atoms. The molecule has 0 spiro atoms. The molecule has 6 heteroatoms. The standard InChI is InChI=1S/C23H25N3O3/c1-5-16-8-6-7-15(2)22(16)25-17-9-11-19(24-14-17)23(27)26-20-13-18(28-3)10-12-21(20)29-4/h6-14,25H,5H2,1-4H3,(H,26,27). The van der Waals surface area contributed by atoms with Crippen LogP contribution in [0.2, 0.25) is 0 Å². The molecule has 1 amide bonds. The Kier molecular flexibility index (Phi) is 6.34. The smallest absolute Gasteiger partial charge is 0.274 e. The van der Waals surface area contributed by atoms with Crippen molar-refractivity contribution in [1.29, 1.82) is 0 Å². The van der Waals surface area contributed by atoms with Gasteiger partial charge in [-0.15, -0.1) is 0 Å². The predicted molar refractivity (Wildman–Crippen MR) is 116 cm³/mol. The summed E-state index contributed by atoms with van der Waals surface area (Å²) in [5.41, 5.74) is 5.13. The fourth-order valence-corrected chi connectivity index (χ4v) is 3.05. The Balaban J connectivity index is 1.76.